The second kappa shape index (κ2) is 10.1. The van der Waals surface area contributed by atoms with Gasteiger partial charge >= 0.3 is 0 Å². The fourth-order valence-corrected chi connectivity index (χ4v) is 7.21. The summed E-state index contributed by atoms with van der Waals surface area (Å²) in [6.07, 6.45) is 10.7. The molecule has 0 radical (unpaired) electrons. The lowest BCUT2D eigenvalue weighted by Crippen LogP contribution is -2.15. The molecule has 1 N–H and O–H groups in total. The fraction of sp³-hybridized carbons (Fsp3) is 0.306. The summed E-state index contributed by atoms with van der Waals surface area (Å²) in [6, 6.07) is 22.7. The molecule has 5 aromatic rings. The SMILES string of the molecule is Cc1ccc(-c2cn3c(C(=S)Nc4ccc(C)cc4C)c(-c4ccc5c(c4)CCCC5)c4c3n2CCCC4)cc1. The van der Waals surface area contributed by atoms with Crippen LogP contribution in [0.1, 0.15) is 64.8 Å². The average molecular weight is 544 g/mol. The van der Waals surface area contributed by atoms with Crippen LogP contribution in [0.2, 0.25) is 0 Å². The minimum Gasteiger partial charge on any atom is -0.345 e. The third-order valence-electron chi connectivity index (χ3n) is 8.96. The van der Waals surface area contributed by atoms with Crippen molar-refractivity contribution in [1.29, 1.82) is 0 Å². The first-order chi connectivity index (χ1) is 19.5. The molecule has 0 saturated carbocycles. The molecule has 4 heteroatoms. The highest BCUT2D eigenvalue weighted by Crippen LogP contribution is 2.41. The van der Waals surface area contributed by atoms with E-state index < -0.39 is 0 Å². The van der Waals surface area contributed by atoms with Gasteiger partial charge in [-0.1, -0.05) is 77.9 Å². The molecule has 3 heterocycles. The van der Waals surface area contributed by atoms with Crippen LogP contribution in [0.4, 0.5) is 5.69 Å². The maximum atomic E-state index is 6.29. The minimum absolute atomic E-state index is 0.786. The molecule has 3 aromatic carbocycles. The summed E-state index contributed by atoms with van der Waals surface area (Å²) in [6.45, 7) is 7.48. The van der Waals surface area contributed by atoms with Gasteiger partial charge in [0.2, 0.25) is 0 Å². The molecule has 202 valence electrons. The van der Waals surface area contributed by atoms with Gasteiger partial charge in [-0.15, -0.1) is 0 Å². The molecular formula is C36H37N3S. The molecule has 0 atom stereocenters. The lowest BCUT2D eigenvalue weighted by molar-refractivity contribution is 0.647. The Kier molecular flexibility index (Phi) is 6.39. The van der Waals surface area contributed by atoms with E-state index in [1.807, 2.05) is 0 Å². The molecule has 0 bridgehead atoms. The van der Waals surface area contributed by atoms with Gasteiger partial charge < -0.3 is 9.88 Å². The Morgan fingerprint density at radius 3 is 2.27 bits per heavy atom. The van der Waals surface area contributed by atoms with E-state index in [2.05, 4.69) is 102 Å². The number of aryl methyl sites for hydroxylation is 7. The van der Waals surface area contributed by atoms with Crippen LogP contribution in [0, 0.1) is 20.8 Å². The number of benzene rings is 3. The summed E-state index contributed by atoms with van der Waals surface area (Å²) in [4.78, 5) is 0.786. The Morgan fingerprint density at radius 2 is 1.48 bits per heavy atom. The van der Waals surface area contributed by atoms with Gasteiger partial charge in [0.1, 0.15) is 10.6 Å². The van der Waals surface area contributed by atoms with E-state index in [0.717, 1.165) is 29.3 Å². The number of aromatic nitrogens is 2. The number of anilines is 1. The summed E-state index contributed by atoms with van der Waals surface area (Å²) in [5.74, 6) is 0. The van der Waals surface area contributed by atoms with E-state index in [1.54, 1.807) is 0 Å². The summed E-state index contributed by atoms with van der Waals surface area (Å²) < 4.78 is 4.96. The fourth-order valence-electron chi connectivity index (χ4n) is 6.90. The van der Waals surface area contributed by atoms with Crippen molar-refractivity contribution in [2.75, 3.05) is 5.32 Å². The molecule has 2 aliphatic rings. The third-order valence-corrected chi connectivity index (χ3v) is 9.26. The summed E-state index contributed by atoms with van der Waals surface area (Å²) >= 11 is 6.29. The Balaban J connectivity index is 1.47. The van der Waals surface area contributed by atoms with Crippen LogP contribution in [0.5, 0.6) is 0 Å². The van der Waals surface area contributed by atoms with Gasteiger partial charge in [0.25, 0.3) is 0 Å². The minimum atomic E-state index is 0.786. The zero-order chi connectivity index (χ0) is 27.4. The first kappa shape index (κ1) is 25.3. The zero-order valence-corrected chi connectivity index (χ0v) is 24.6. The van der Waals surface area contributed by atoms with E-state index >= 15 is 0 Å². The Morgan fingerprint density at radius 1 is 0.750 bits per heavy atom. The standard InChI is InChI=1S/C36H37N3S/c1-23-11-14-27(15-12-23)32-22-39-34(35(40)37-31-18-13-24(2)20-25(31)3)33(30-10-6-7-19-38(32)36(30)39)29-17-16-26-8-4-5-9-28(26)21-29/h11-18,20-22H,4-10,19H2,1-3H3,(H,37,40). The number of nitrogens with zero attached hydrogens (tertiary/aromatic N) is 2. The van der Waals surface area contributed by atoms with E-state index in [1.165, 1.54) is 99.9 Å². The molecule has 1 aliphatic heterocycles. The number of imidazole rings is 1. The number of hydrogen-bond acceptors (Lipinski definition) is 1. The number of rotatable bonds is 4. The normalized spacial score (nSPS) is 14.7. The predicted octanol–water partition coefficient (Wildman–Crippen LogP) is 9.00. The molecule has 40 heavy (non-hydrogen) atoms. The van der Waals surface area contributed by atoms with Crippen molar-refractivity contribution in [3.05, 3.63) is 106 Å². The molecular weight excluding hydrogens is 506 g/mol. The van der Waals surface area contributed by atoms with Crippen molar-refractivity contribution in [2.24, 2.45) is 0 Å². The monoisotopic (exact) mass is 543 g/mol. The topological polar surface area (TPSA) is 21.4 Å². The van der Waals surface area contributed by atoms with E-state index in [9.17, 15) is 0 Å². The molecule has 2 aromatic heterocycles. The second-order valence-electron chi connectivity index (χ2n) is 11.8. The van der Waals surface area contributed by atoms with Crippen LogP contribution in [0.15, 0.2) is 66.9 Å². The van der Waals surface area contributed by atoms with Crippen molar-refractivity contribution in [2.45, 2.75) is 72.3 Å². The van der Waals surface area contributed by atoms with Gasteiger partial charge in [-0.05, 0) is 99.6 Å². The highest BCUT2D eigenvalue weighted by molar-refractivity contribution is 7.81. The summed E-state index contributed by atoms with van der Waals surface area (Å²) in [5.41, 5.74) is 16.9. The third kappa shape index (κ3) is 4.30. The Bertz CT molecular complexity index is 1770. The molecule has 0 spiro atoms. The smallest absolute Gasteiger partial charge is 0.128 e. The van der Waals surface area contributed by atoms with Crippen LogP contribution < -0.4 is 5.32 Å². The maximum Gasteiger partial charge on any atom is 0.128 e. The van der Waals surface area contributed by atoms with Crippen LogP contribution in [0.3, 0.4) is 0 Å². The molecule has 7 rings (SSSR count). The molecule has 0 unspecified atom stereocenters. The first-order valence-corrected chi connectivity index (χ1v) is 15.2. The van der Waals surface area contributed by atoms with Gasteiger partial charge in [0.05, 0.1) is 11.4 Å². The van der Waals surface area contributed by atoms with E-state index in [0.29, 0.717) is 0 Å². The molecule has 3 nitrogen and oxygen atoms in total. The lowest BCUT2D eigenvalue weighted by atomic mass is 9.88. The molecule has 0 saturated heterocycles. The van der Waals surface area contributed by atoms with Gasteiger partial charge in [-0.25, -0.2) is 0 Å². The largest absolute Gasteiger partial charge is 0.345 e. The number of thiocarbonyl (C=S) groups is 1. The second-order valence-corrected chi connectivity index (χ2v) is 12.3. The first-order valence-electron chi connectivity index (χ1n) is 14.8. The van der Waals surface area contributed by atoms with Crippen molar-refractivity contribution in [3.8, 4) is 22.4 Å². The predicted molar refractivity (Wildman–Crippen MR) is 172 cm³/mol. The Hall–Kier alpha value is -3.63. The lowest BCUT2D eigenvalue weighted by Gasteiger charge is -2.18. The number of nitrogens with one attached hydrogen (secondary N) is 1. The number of fused-ring (bicyclic) bond motifs is 1. The number of hydrogen-bond donors (Lipinski definition) is 1. The van der Waals surface area contributed by atoms with Gasteiger partial charge in [0.15, 0.2) is 0 Å². The van der Waals surface area contributed by atoms with Crippen LogP contribution in [-0.4, -0.2) is 14.0 Å². The van der Waals surface area contributed by atoms with Gasteiger partial charge in [-0.2, -0.15) is 0 Å². The highest BCUT2D eigenvalue weighted by Gasteiger charge is 2.29. The van der Waals surface area contributed by atoms with Crippen LogP contribution in [-0.2, 0) is 25.8 Å². The van der Waals surface area contributed by atoms with E-state index in [-0.39, 0.29) is 0 Å². The maximum absolute atomic E-state index is 6.29. The van der Waals surface area contributed by atoms with Crippen LogP contribution >= 0.6 is 12.2 Å². The van der Waals surface area contributed by atoms with Crippen molar-refractivity contribution < 1.29 is 0 Å². The quantitative estimate of drug-likeness (QED) is 0.228. The van der Waals surface area contributed by atoms with Gasteiger partial charge in [0, 0.05) is 29.6 Å². The summed E-state index contributed by atoms with van der Waals surface area (Å²) in [7, 11) is 0. The molecule has 1 aliphatic carbocycles. The Labute approximate surface area is 242 Å². The zero-order valence-electron chi connectivity index (χ0n) is 23.8. The van der Waals surface area contributed by atoms with Crippen LogP contribution in [0.25, 0.3) is 28.0 Å². The van der Waals surface area contributed by atoms with Gasteiger partial charge in [-0.3, -0.25) is 4.40 Å². The van der Waals surface area contributed by atoms with Crippen molar-refractivity contribution >= 4 is 28.5 Å². The molecule has 0 amide bonds. The highest BCUT2D eigenvalue weighted by atomic mass is 32.1. The van der Waals surface area contributed by atoms with E-state index in [4.69, 9.17) is 12.2 Å². The van der Waals surface area contributed by atoms with Crippen molar-refractivity contribution in [3.63, 3.8) is 0 Å². The van der Waals surface area contributed by atoms with Crippen molar-refractivity contribution in [1.82, 2.24) is 8.97 Å². The molecule has 0 fully saturated rings. The average Bonchev–Trinajstić information content (AvgIpc) is 3.37. The summed E-state index contributed by atoms with van der Waals surface area (Å²) in [5, 5.41) is 3.67.